The molecule has 1 fully saturated rings. The number of carbonyl (C=O) groups is 2. The summed E-state index contributed by atoms with van der Waals surface area (Å²) >= 11 is 8.92. The number of benzene rings is 1. The molecule has 1 aliphatic rings. The van der Waals surface area contributed by atoms with Crippen LogP contribution in [0.5, 0.6) is 0 Å². The number of hydrogen-bond donors (Lipinski definition) is 2. The number of halogens is 1. The molecular formula is C23H19ClN6O2S2. The Labute approximate surface area is 208 Å². The second-order valence-corrected chi connectivity index (χ2v) is 10.1. The molecule has 8 nitrogen and oxygen atoms in total. The highest BCUT2D eigenvalue weighted by Crippen LogP contribution is 2.41. The lowest BCUT2D eigenvalue weighted by Crippen LogP contribution is -2.58. The topological polar surface area (TPSA) is 102 Å². The zero-order valence-electron chi connectivity index (χ0n) is 17.9. The highest BCUT2D eigenvalue weighted by molar-refractivity contribution is 8.01. The first kappa shape index (κ1) is 22.6. The third kappa shape index (κ3) is 4.31. The average Bonchev–Trinajstić information content (AvgIpc) is 3.50. The number of nitrogens with one attached hydrogen (secondary N) is 2. The van der Waals surface area contributed by atoms with Gasteiger partial charge in [0.1, 0.15) is 22.9 Å². The van der Waals surface area contributed by atoms with Crippen molar-refractivity contribution in [1.29, 1.82) is 0 Å². The fraction of sp³-hybridized carbons (Fsp3) is 0.174. The van der Waals surface area contributed by atoms with E-state index in [0.717, 1.165) is 5.56 Å². The van der Waals surface area contributed by atoms with E-state index < -0.39 is 10.8 Å². The Morgan fingerprint density at radius 1 is 1.21 bits per heavy atom. The molecule has 0 aliphatic carbocycles. The first-order valence-electron chi connectivity index (χ1n) is 10.3. The molecule has 0 spiro atoms. The molecule has 0 saturated carbocycles. The van der Waals surface area contributed by atoms with Gasteiger partial charge >= 0.3 is 0 Å². The lowest BCUT2D eigenvalue weighted by Gasteiger charge is -2.39. The summed E-state index contributed by atoms with van der Waals surface area (Å²) in [5, 5.41) is 13.9. The Kier molecular flexibility index (Phi) is 6.11. The maximum absolute atomic E-state index is 13.4. The van der Waals surface area contributed by atoms with E-state index in [2.05, 4.69) is 20.7 Å². The van der Waals surface area contributed by atoms with E-state index in [1.165, 1.54) is 23.1 Å². The van der Waals surface area contributed by atoms with Crippen LogP contribution in [-0.2, 0) is 22.2 Å². The van der Waals surface area contributed by atoms with Crippen molar-refractivity contribution in [2.75, 3.05) is 5.32 Å². The summed E-state index contributed by atoms with van der Waals surface area (Å²) in [5.74, 6) is 0.342. The number of piperidine rings is 1. The maximum Gasteiger partial charge on any atom is 0.247 e. The molecule has 1 aromatic carbocycles. The fourth-order valence-electron chi connectivity index (χ4n) is 3.84. The van der Waals surface area contributed by atoms with Crippen LogP contribution in [0.15, 0.2) is 70.5 Å². The van der Waals surface area contributed by atoms with Crippen LogP contribution in [0.2, 0.25) is 5.02 Å². The number of ketones is 1. The Hall–Kier alpha value is -3.21. The molecule has 172 valence electrons. The van der Waals surface area contributed by atoms with Crippen LogP contribution in [0.4, 0.5) is 11.8 Å². The van der Waals surface area contributed by atoms with Crippen molar-refractivity contribution in [2.45, 2.75) is 22.1 Å². The maximum atomic E-state index is 13.4. The molecule has 0 bridgehead atoms. The minimum Gasteiger partial charge on any atom is -0.339 e. The number of anilines is 2. The van der Waals surface area contributed by atoms with Crippen molar-refractivity contribution >= 4 is 58.2 Å². The van der Waals surface area contributed by atoms with Gasteiger partial charge in [-0.1, -0.05) is 29.8 Å². The number of aryl methyl sites for hydroxylation is 1. The van der Waals surface area contributed by atoms with Crippen LogP contribution in [-0.4, -0.2) is 36.7 Å². The van der Waals surface area contributed by atoms with Crippen LogP contribution < -0.4 is 10.6 Å². The summed E-state index contributed by atoms with van der Waals surface area (Å²) in [6.07, 6.45) is 1.64. The Morgan fingerprint density at radius 3 is 2.76 bits per heavy atom. The molecule has 2 unspecified atom stereocenters. The molecular weight excluding hydrogens is 492 g/mol. The van der Waals surface area contributed by atoms with Crippen molar-refractivity contribution in [3.8, 4) is 0 Å². The summed E-state index contributed by atoms with van der Waals surface area (Å²) in [4.78, 5) is 36.3. The van der Waals surface area contributed by atoms with Gasteiger partial charge in [0.25, 0.3) is 0 Å². The summed E-state index contributed by atoms with van der Waals surface area (Å²) in [7, 11) is 1.77. The number of nitrogens with zero attached hydrogens (tertiary/aromatic N) is 4. The number of aromatic nitrogens is 4. The van der Waals surface area contributed by atoms with Crippen LogP contribution in [0.3, 0.4) is 0 Å². The monoisotopic (exact) mass is 510 g/mol. The van der Waals surface area contributed by atoms with Gasteiger partial charge < -0.3 is 10.6 Å². The number of Topliss-reactive ketones (excluding diaryl/α,β-unsaturated/α-hetero) is 1. The van der Waals surface area contributed by atoms with Gasteiger partial charge in [-0.3, -0.25) is 14.3 Å². The Morgan fingerprint density at radius 2 is 2.06 bits per heavy atom. The van der Waals surface area contributed by atoms with Gasteiger partial charge in [-0.15, -0.1) is 16.9 Å². The highest BCUT2D eigenvalue weighted by atomic mass is 35.5. The molecule has 3 aromatic heterocycles. The molecule has 2 N–H and O–H groups in total. The molecule has 4 heterocycles. The van der Waals surface area contributed by atoms with Gasteiger partial charge in [0, 0.05) is 18.4 Å². The minimum absolute atomic E-state index is 0.0654. The van der Waals surface area contributed by atoms with Gasteiger partial charge in [0.05, 0.1) is 10.7 Å². The predicted molar refractivity (Wildman–Crippen MR) is 132 cm³/mol. The van der Waals surface area contributed by atoms with Crippen LogP contribution >= 0.6 is 34.7 Å². The highest BCUT2D eigenvalue weighted by Gasteiger charge is 2.48. The zero-order valence-corrected chi connectivity index (χ0v) is 20.3. The van der Waals surface area contributed by atoms with E-state index >= 15 is 0 Å². The molecule has 5 rings (SSSR count). The molecule has 34 heavy (non-hydrogen) atoms. The minimum atomic E-state index is -1.08. The number of thiophene rings is 1. The van der Waals surface area contributed by atoms with Gasteiger partial charge in [0.15, 0.2) is 5.78 Å². The Balaban J connectivity index is 1.49. The van der Waals surface area contributed by atoms with E-state index in [4.69, 9.17) is 16.6 Å². The number of carbonyl (C=O) groups excluding carboxylic acids is 2. The van der Waals surface area contributed by atoms with Gasteiger partial charge in [0.2, 0.25) is 11.9 Å². The van der Waals surface area contributed by atoms with Gasteiger partial charge in [-0.25, -0.2) is 9.97 Å². The number of amides is 1. The largest absolute Gasteiger partial charge is 0.339 e. The second kappa shape index (κ2) is 9.21. The van der Waals surface area contributed by atoms with Crippen molar-refractivity contribution in [3.63, 3.8) is 0 Å². The molecule has 0 radical (unpaired) electrons. The Bertz CT molecular complexity index is 1340. The standard InChI is InChI=1S/C23H19ClN6O2S2/c1-30-13-25-22(29-30)27-19-8-4-7-18(26-19)23(14-9-10-33-12-14)11-16(31)20(21(32)28-23)34-17-6-3-2-5-15(17)24/h2-10,12-13,20H,11H2,1H3,(H,28,32)(H,26,27,29). The molecule has 2 atom stereocenters. The fourth-order valence-corrected chi connectivity index (χ4v) is 5.82. The van der Waals surface area contributed by atoms with Gasteiger partial charge in [-0.2, -0.15) is 11.3 Å². The average molecular weight is 511 g/mol. The van der Waals surface area contributed by atoms with Crippen LogP contribution in [0, 0.1) is 0 Å². The summed E-state index contributed by atoms with van der Waals surface area (Å²) in [6.45, 7) is 0. The van der Waals surface area contributed by atoms with Crippen molar-refractivity contribution in [3.05, 3.63) is 81.9 Å². The lowest BCUT2D eigenvalue weighted by molar-refractivity contribution is -0.133. The number of pyridine rings is 1. The summed E-state index contributed by atoms with van der Waals surface area (Å²) in [6, 6.07) is 14.5. The molecule has 1 amide bonds. The smallest absolute Gasteiger partial charge is 0.247 e. The number of hydrogen-bond acceptors (Lipinski definition) is 8. The number of thioether (sulfide) groups is 1. The molecule has 4 aromatic rings. The number of rotatable bonds is 6. The summed E-state index contributed by atoms with van der Waals surface area (Å²) < 4.78 is 1.58. The van der Waals surface area contributed by atoms with E-state index in [-0.39, 0.29) is 18.1 Å². The van der Waals surface area contributed by atoms with E-state index in [1.54, 1.807) is 36.3 Å². The summed E-state index contributed by atoms with van der Waals surface area (Å²) in [5.41, 5.74) is 0.275. The van der Waals surface area contributed by atoms with Crippen LogP contribution in [0.1, 0.15) is 17.7 Å². The first-order valence-corrected chi connectivity index (χ1v) is 12.5. The third-order valence-electron chi connectivity index (χ3n) is 5.43. The predicted octanol–water partition coefficient (Wildman–Crippen LogP) is 4.16. The molecule has 1 aliphatic heterocycles. The lowest BCUT2D eigenvalue weighted by atomic mass is 9.79. The molecule has 1 saturated heterocycles. The van der Waals surface area contributed by atoms with E-state index in [0.29, 0.717) is 27.4 Å². The first-order chi connectivity index (χ1) is 16.4. The zero-order chi connectivity index (χ0) is 23.7. The van der Waals surface area contributed by atoms with Gasteiger partial charge in [-0.05, 0) is 46.7 Å². The second-order valence-electron chi connectivity index (χ2n) is 7.75. The normalized spacial score (nSPS) is 20.2. The third-order valence-corrected chi connectivity index (χ3v) is 7.88. The van der Waals surface area contributed by atoms with Crippen molar-refractivity contribution < 1.29 is 9.59 Å². The van der Waals surface area contributed by atoms with Crippen LogP contribution in [0.25, 0.3) is 0 Å². The SMILES string of the molecule is Cn1cnc(Nc2cccc(C3(c4ccsc4)CC(=O)C(Sc4ccccc4Cl)C(=O)N3)n2)n1. The van der Waals surface area contributed by atoms with Crippen molar-refractivity contribution in [1.82, 2.24) is 25.1 Å². The van der Waals surface area contributed by atoms with E-state index in [9.17, 15) is 9.59 Å². The van der Waals surface area contributed by atoms with Crippen molar-refractivity contribution in [2.24, 2.45) is 7.05 Å². The molecule has 11 heteroatoms. The van der Waals surface area contributed by atoms with E-state index in [1.807, 2.05) is 41.1 Å². The quantitative estimate of drug-likeness (QED) is 0.375.